The predicted octanol–water partition coefficient (Wildman–Crippen LogP) is 3.41. The maximum atomic E-state index is 12.8. The Morgan fingerprint density at radius 1 is 1.05 bits per heavy atom. The lowest BCUT2D eigenvalue weighted by molar-refractivity contribution is -0.172. The first-order valence-corrected chi connectivity index (χ1v) is 7.45. The molecule has 0 aromatic rings. The molecular weight excluding hydrogens is 255 g/mol. The van der Waals surface area contributed by atoms with Gasteiger partial charge >= 0.3 is 6.18 Å². The van der Waals surface area contributed by atoms with Crippen LogP contribution in [0, 0.1) is 5.92 Å². The summed E-state index contributed by atoms with van der Waals surface area (Å²) >= 11 is 0. The van der Waals surface area contributed by atoms with E-state index in [1.165, 1.54) is 6.42 Å². The van der Waals surface area contributed by atoms with Crippen LogP contribution in [0.5, 0.6) is 0 Å². The molecule has 2 heterocycles. The monoisotopic (exact) mass is 277 g/mol. The van der Waals surface area contributed by atoms with Gasteiger partial charge in [0.15, 0.2) is 0 Å². The van der Waals surface area contributed by atoms with Crippen LogP contribution in [0.1, 0.15) is 51.4 Å². The molecule has 3 unspecified atom stereocenters. The molecule has 0 bridgehead atoms. The first-order chi connectivity index (χ1) is 8.99. The zero-order valence-electron chi connectivity index (χ0n) is 11.1. The topological polar surface area (TPSA) is 21.3 Å². The van der Waals surface area contributed by atoms with Gasteiger partial charge in [-0.25, -0.2) is 0 Å². The average Bonchev–Trinajstić information content (AvgIpc) is 2.36. The molecule has 0 aromatic heterocycles. The highest BCUT2D eigenvalue weighted by Gasteiger charge is 2.47. The number of hydrogen-bond donors (Lipinski definition) is 1. The van der Waals surface area contributed by atoms with Gasteiger partial charge in [-0.15, -0.1) is 0 Å². The largest absolute Gasteiger partial charge is 0.403 e. The van der Waals surface area contributed by atoms with Gasteiger partial charge in [0, 0.05) is 12.6 Å². The van der Waals surface area contributed by atoms with Crippen molar-refractivity contribution in [2.24, 2.45) is 5.92 Å². The van der Waals surface area contributed by atoms with E-state index in [9.17, 15) is 13.2 Å². The van der Waals surface area contributed by atoms with Crippen LogP contribution in [-0.2, 0) is 4.74 Å². The minimum Gasteiger partial charge on any atom is -0.375 e. The summed E-state index contributed by atoms with van der Waals surface area (Å²) in [6, 6.07) is -1.27. The highest BCUT2D eigenvalue weighted by molar-refractivity contribution is 4.98. The van der Waals surface area contributed by atoms with E-state index in [0.29, 0.717) is 12.3 Å². The Balaban J connectivity index is 1.61. The van der Waals surface area contributed by atoms with Crippen molar-refractivity contribution >= 4 is 0 Å². The van der Waals surface area contributed by atoms with Gasteiger partial charge in [0.25, 0.3) is 0 Å². The van der Waals surface area contributed by atoms with Crippen LogP contribution < -0.4 is 5.32 Å². The molecule has 1 N–H and O–H groups in total. The molecule has 3 rings (SSSR count). The van der Waals surface area contributed by atoms with Crippen LogP contribution >= 0.6 is 0 Å². The first kappa shape index (κ1) is 13.7. The van der Waals surface area contributed by atoms with Crippen LogP contribution in [0.25, 0.3) is 0 Å². The van der Waals surface area contributed by atoms with Crippen LogP contribution in [0.4, 0.5) is 13.2 Å². The van der Waals surface area contributed by atoms with Crippen molar-refractivity contribution in [2.75, 3.05) is 6.61 Å². The number of rotatable bonds is 1. The number of ether oxygens (including phenoxy) is 1. The molecule has 3 fully saturated rings. The zero-order chi connectivity index (χ0) is 13.5. The van der Waals surface area contributed by atoms with E-state index in [0.717, 1.165) is 38.7 Å². The molecule has 3 aliphatic rings. The van der Waals surface area contributed by atoms with Crippen molar-refractivity contribution in [3.05, 3.63) is 0 Å². The second-order valence-corrected chi connectivity index (χ2v) is 6.44. The second kappa shape index (κ2) is 4.92. The molecule has 0 aromatic carbocycles. The summed E-state index contributed by atoms with van der Waals surface area (Å²) in [5.74, 6) is 0.360. The third-order valence-electron chi connectivity index (χ3n) is 5.18. The number of piperidine rings is 1. The fraction of sp³-hybridized carbons (Fsp3) is 1.00. The van der Waals surface area contributed by atoms with E-state index in [1.807, 2.05) is 0 Å². The van der Waals surface area contributed by atoms with Gasteiger partial charge in [0.2, 0.25) is 0 Å². The summed E-state index contributed by atoms with van der Waals surface area (Å²) in [5.41, 5.74) is 0.0236. The van der Waals surface area contributed by atoms with E-state index in [-0.39, 0.29) is 18.1 Å². The van der Waals surface area contributed by atoms with E-state index in [2.05, 4.69) is 5.32 Å². The molecule has 2 nitrogen and oxygen atoms in total. The van der Waals surface area contributed by atoms with Crippen molar-refractivity contribution in [3.63, 3.8) is 0 Å². The normalized spacial score (nSPS) is 39.0. The van der Waals surface area contributed by atoms with Gasteiger partial charge in [-0.05, 0) is 57.3 Å². The molecular formula is C14H22F3NO. The van der Waals surface area contributed by atoms with Crippen molar-refractivity contribution in [2.45, 2.75) is 75.2 Å². The molecule has 19 heavy (non-hydrogen) atoms. The Hall–Kier alpha value is -0.290. The fourth-order valence-electron chi connectivity index (χ4n) is 3.93. The first-order valence-electron chi connectivity index (χ1n) is 7.45. The molecule has 2 aliphatic heterocycles. The number of hydrogen-bond acceptors (Lipinski definition) is 2. The van der Waals surface area contributed by atoms with Gasteiger partial charge in [-0.3, -0.25) is 0 Å². The minimum absolute atomic E-state index is 0.0236. The third-order valence-corrected chi connectivity index (χ3v) is 5.18. The molecule has 0 radical (unpaired) electrons. The van der Waals surface area contributed by atoms with E-state index >= 15 is 0 Å². The van der Waals surface area contributed by atoms with Crippen molar-refractivity contribution in [3.8, 4) is 0 Å². The summed E-state index contributed by atoms with van der Waals surface area (Å²) in [6.07, 6.45) is 2.96. The van der Waals surface area contributed by atoms with Crippen LogP contribution in [0.2, 0.25) is 0 Å². The van der Waals surface area contributed by atoms with Gasteiger partial charge in [0.1, 0.15) is 6.04 Å². The zero-order valence-corrected chi connectivity index (χ0v) is 11.1. The number of halogens is 3. The average molecular weight is 277 g/mol. The van der Waals surface area contributed by atoms with E-state index in [4.69, 9.17) is 4.74 Å². The van der Waals surface area contributed by atoms with Crippen LogP contribution in [0.15, 0.2) is 0 Å². The third kappa shape index (κ3) is 2.77. The van der Waals surface area contributed by atoms with Crippen LogP contribution in [-0.4, -0.2) is 30.5 Å². The smallest absolute Gasteiger partial charge is 0.375 e. The molecule has 3 atom stereocenters. The molecule has 1 saturated carbocycles. The standard InChI is InChI=1S/C14H22F3NO/c15-14(16,17)12-4-1-3-11(18-12)10-5-8-19-13(9-10)6-2-7-13/h10-12,18H,1-9H2. The van der Waals surface area contributed by atoms with Gasteiger partial charge in [-0.1, -0.05) is 0 Å². The lowest BCUT2D eigenvalue weighted by atomic mass is 9.69. The lowest BCUT2D eigenvalue weighted by Gasteiger charge is -2.50. The lowest BCUT2D eigenvalue weighted by Crippen LogP contribution is -2.56. The molecule has 5 heteroatoms. The summed E-state index contributed by atoms with van der Waals surface area (Å²) < 4.78 is 44.3. The highest BCUT2D eigenvalue weighted by atomic mass is 19.4. The second-order valence-electron chi connectivity index (χ2n) is 6.44. The van der Waals surface area contributed by atoms with Crippen molar-refractivity contribution in [1.82, 2.24) is 5.32 Å². The maximum Gasteiger partial charge on any atom is 0.403 e. The molecule has 1 aliphatic carbocycles. The Labute approximate surface area is 112 Å². The molecule has 110 valence electrons. The SMILES string of the molecule is FC(F)(F)C1CCCC(C2CCOC3(CCC3)C2)N1. The summed E-state index contributed by atoms with van der Waals surface area (Å²) in [7, 11) is 0. The summed E-state index contributed by atoms with van der Waals surface area (Å²) in [5, 5.41) is 2.87. The van der Waals surface area contributed by atoms with Crippen molar-refractivity contribution in [1.29, 1.82) is 0 Å². The summed E-state index contributed by atoms with van der Waals surface area (Å²) in [4.78, 5) is 0. The van der Waals surface area contributed by atoms with E-state index < -0.39 is 12.2 Å². The minimum atomic E-state index is -4.10. The Bertz CT molecular complexity index is 327. The van der Waals surface area contributed by atoms with E-state index in [1.54, 1.807) is 0 Å². The number of nitrogens with one attached hydrogen (secondary N) is 1. The quantitative estimate of drug-likeness (QED) is 0.793. The Kier molecular flexibility index (Phi) is 3.54. The van der Waals surface area contributed by atoms with Gasteiger partial charge in [-0.2, -0.15) is 13.2 Å². The van der Waals surface area contributed by atoms with Gasteiger partial charge in [0.05, 0.1) is 5.60 Å². The fourth-order valence-corrected chi connectivity index (χ4v) is 3.93. The number of alkyl halides is 3. The summed E-state index contributed by atoms with van der Waals surface area (Å²) in [6.45, 7) is 0.722. The van der Waals surface area contributed by atoms with Crippen LogP contribution in [0.3, 0.4) is 0 Å². The van der Waals surface area contributed by atoms with Gasteiger partial charge < -0.3 is 10.1 Å². The highest BCUT2D eigenvalue weighted by Crippen LogP contribution is 2.46. The molecule has 1 spiro atoms. The Morgan fingerprint density at radius 3 is 2.47 bits per heavy atom. The Morgan fingerprint density at radius 2 is 1.84 bits per heavy atom. The predicted molar refractivity (Wildman–Crippen MR) is 65.9 cm³/mol. The molecule has 0 amide bonds. The maximum absolute atomic E-state index is 12.8. The molecule has 2 saturated heterocycles. The van der Waals surface area contributed by atoms with Crippen molar-refractivity contribution < 1.29 is 17.9 Å².